The molecular weight excluding hydrogens is 522 g/mol. The lowest BCUT2D eigenvalue weighted by Gasteiger charge is -2.12. The maximum absolute atomic E-state index is 12.7. The van der Waals surface area contributed by atoms with Gasteiger partial charge >= 0.3 is 0 Å². The number of nitrogens with one attached hydrogen (secondary N) is 2. The van der Waals surface area contributed by atoms with Gasteiger partial charge in [0, 0.05) is 39.7 Å². The minimum absolute atomic E-state index is 0.0144. The fourth-order valence-electron chi connectivity index (χ4n) is 4.41. The minimum atomic E-state index is -3.84. The molecule has 7 nitrogen and oxygen atoms in total. The third kappa shape index (κ3) is 5.18. The van der Waals surface area contributed by atoms with Crippen molar-refractivity contribution in [3.05, 3.63) is 95.5 Å². The summed E-state index contributed by atoms with van der Waals surface area (Å²) in [6.07, 6.45) is 0. The molecule has 5 aromatic rings. The zero-order valence-corrected chi connectivity index (χ0v) is 22.4. The van der Waals surface area contributed by atoms with Gasteiger partial charge in [-0.05, 0) is 68.4 Å². The zero-order valence-electron chi connectivity index (χ0n) is 20.9. The molecule has 38 heavy (non-hydrogen) atoms. The van der Waals surface area contributed by atoms with E-state index in [9.17, 15) is 13.2 Å². The van der Waals surface area contributed by atoms with Crippen molar-refractivity contribution >= 4 is 60.7 Å². The van der Waals surface area contributed by atoms with E-state index in [2.05, 4.69) is 33.7 Å². The highest BCUT2D eigenvalue weighted by molar-refractivity contribution is 7.92. The molecule has 194 valence electrons. The number of sulfonamides is 1. The van der Waals surface area contributed by atoms with Gasteiger partial charge in [0.05, 0.1) is 9.92 Å². The van der Waals surface area contributed by atoms with Crippen LogP contribution in [0.15, 0.2) is 89.8 Å². The molecule has 0 aliphatic heterocycles. The van der Waals surface area contributed by atoms with E-state index in [1.807, 2.05) is 49.4 Å². The quantitative estimate of drug-likeness (QED) is 0.229. The summed E-state index contributed by atoms with van der Waals surface area (Å²) in [6, 6.07) is 25.1. The van der Waals surface area contributed by atoms with Crippen LogP contribution in [-0.2, 0) is 21.4 Å². The first-order valence-electron chi connectivity index (χ1n) is 12.1. The van der Waals surface area contributed by atoms with Crippen molar-refractivity contribution in [2.24, 2.45) is 0 Å². The van der Waals surface area contributed by atoms with Crippen molar-refractivity contribution in [1.29, 1.82) is 0 Å². The number of carbonyl (C=O) groups is 1. The van der Waals surface area contributed by atoms with Gasteiger partial charge in [-0.2, -0.15) is 0 Å². The van der Waals surface area contributed by atoms with Crippen LogP contribution in [0.3, 0.4) is 0 Å². The number of anilines is 2. The average Bonchev–Trinajstić information content (AvgIpc) is 3.22. The molecule has 0 atom stereocenters. The Morgan fingerprint density at radius 2 is 1.61 bits per heavy atom. The third-order valence-electron chi connectivity index (χ3n) is 6.25. The second kappa shape index (κ2) is 10.4. The van der Waals surface area contributed by atoms with E-state index in [0.717, 1.165) is 33.9 Å². The van der Waals surface area contributed by atoms with Gasteiger partial charge in [0.25, 0.3) is 15.9 Å². The molecule has 1 heterocycles. The summed E-state index contributed by atoms with van der Waals surface area (Å²) in [4.78, 5) is 12.6. The topological polar surface area (TPSA) is 89.4 Å². The smallest absolute Gasteiger partial charge is 0.262 e. The minimum Gasteiger partial charge on any atom is -0.482 e. The third-order valence-corrected chi connectivity index (χ3v) is 7.92. The van der Waals surface area contributed by atoms with E-state index in [4.69, 9.17) is 16.3 Å². The molecule has 5 rings (SSSR count). The lowest BCUT2D eigenvalue weighted by atomic mass is 10.1. The predicted molar refractivity (Wildman–Crippen MR) is 153 cm³/mol. The number of halogens is 1. The molecule has 0 saturated carbocycles. The summed E-state index contributed by atoms with van der Waals surface area (Å²) < 4.78 is 35.8. The normalized spacial score (nSPS) is 11.6. The molecule has 0 bridgehead atoms. The Kier molecular flexibility index (Phi) is 7.01. The molecule has 2 N–H and O–H groups in total. The summed E-state index contributed by atoms with van der Waals surface area (Å²) in [7, 11) is -3.84. The van der Waals surface area contributed by atoms with E-state index < -0.39 is 10.0 Å². The highest BCUT2D eigenvalue weighted by Gasteiger charge is 2.17. The molecule has 1 aromatic heterocycles. The first-order valence-corrected chi connectivity index (χ1v) is 13.9. The van der Waals surface area contributed by atoms with Crippen molar-refractivity contribution in [2.45, 2.75) is 25.3 Å². The number of aryl methyl sites for hydroxylation is 2. The fourth-order valence-corrected chi connectivity index (χ4v) is 5.80. The van der Waals surface area contributed by atoms with Crippen LogP contribution in [0.2, 0.25) is 5.02 Å². The molecule has 0 fully saturated rings. The van der Waals surface area contributed by atoms with Gasteiger partial charge in [-0.1, -0.05) is 47.5 Å². The summed E-state index contributed by atoms with van der Waals surface area (Å²) >= 11 is 6.29. The van der Waals surface area contributed by atoms with Crippen LogP contribution in [0, 0.1) is 6.92 Å². The number of rotatable bonds is 8. The van der Waals surface area contributed by atoms with Gasteiger partial charge in [0.1, 0.15) is 5.75 Å². The van der Waals surface area contributed by atoms with Crippen LogP contribution < -0.4 is 14.8 Å². The number of amides is 1. The van der Waals surface area contributed by atoms with Crippen molar-refractivity contribution in [2.75, 3.05) is 16.6 Å². The number of fused-ring (bicyclic) bond motifs is 3. The predicted octanol–water partition coefficient (Wildman–Crippen LogP) is 6.59. The van der Waals surface area contributed by atoms with Gasteiger partial charge in [-0.15, -0.1) is 0 Å². The van der Waals surface area contributed by atoms with Crippen molar-refractivity contribution in [3.63, 3.8) is 0 Å². The number of para-hydroxylation sites is 1. The van der Waals surface area contributed by atoms with Gasteiger partial charge in [0.15, 0.2) is 6.61 Å². The molecule has 0 radical (unpaired) electrons. The van der Waals surface area contributed by atoms with Crippen LogP contribution in [-0.4, -0.2) is 25.5 Å². The van der Waals surface area contributed by atoms with Gasteiger partial charge in [-0.3, -0.25) is 9.52 Å². The summed E-state index contributed by atoms with van der Waals surface area (Å²) in [6.45, 7) is 4.57. The Morgan fingerprint density at radius 1 is 0.895 bits per heavy atom. The van der Waals surface area contributed by atoms with Gasteiger partial charge < -0.3 is 14.6 Å². The molecule has 0 spiro atoms. The van der Waals surface area contributed by atoms with Crippen molar-refractivity contribution < 1.29 is 17.9 Å². The second-order valence-electron chi connectivity index (χ2n) is 8.89. The SMILES string of the molecule is CCn1c2ccccc2c2cc(NC(=O)COc3ccc(S(=O)(=O)Nc4ccc(C)cc4)cc3Cl)ccc21. The number of aromatic nitrogens is 1. The summed E-state index contributed by atoms with van der Waals surface area (Å²) in [5.74, 6) is -0.157. The standard InChI is InChI=1S/C29H26ClN3O4S/c1-3-33-26-7-5-4-6-23(26)24-16-21(12-14-27(24)33)31-29(34)18-37-28-15-13-22(17-25(28)30)38(35,36)32-20-10-8-19(2)9-11-20/h4-17,32H,3,18H2,1-2H3,(H,31,34). The number of hydrogen-bond donors (Lipinski definition) is 2. The Bertz CT molecular complexity index is 1760. The van der Waals surface area contributed by atoms with Gasteiger partial charge in [0.2, 0.25) is 0 Å². The molecule has 0 aliphatic rings. The molecular formula is C29H26ClN3O4S. The maximum Gasteiger partial charge on any atom is 0.262 e. The number of hydrogen-bond acceptors (Lipinski definition) is 4. The average molecular weight is 548 g/mol. The van der Waals surface area contributed by atoms with E-state index in [0.29, 0.717) is 11.4 Å². The fraction of sp³-hybridized carbons (Fsp3) is 0.138. The Morgan fingerprint density at radius 3 is 2.34 bits per heavy atom. The maximum atomic E-state index is 12.7. The second-order valence-corrected chi connectivity index (χ2v) is 11.0. The highest BCUT2D eigenvalue weighted by atomic mass is 35.5. The molecule has 0 unspecified atom stereocenters. The van der Waals surface area contributed by atoms with Crippen LogP contribution in [0.1, 0.15) is 12.5 Å². The van der Waals surface area contributed by atoms with Crippen LogP contribution in [0.25, 0.3) is 21.8 Å². The van der Waals surface area contributed by atoms with Crippen molar-refractivity contribution in [1.82, 2.24) is 4.57 Å². The molecule has 1 amide bonds. The van der Waals surface area contributed by atoms with Gasteiger partial charge in [-0.25, -0.2) is 8.42 Å². The molecule has 0 saturated heterocycles. The lowest BCUT2D eigenvalue weighted by molar-refractivity contribution is -0.118. The largest absolute Gasteiger partial charge is 0.482 e. The molecule has 4 aromatic carbocycles. The Balaban J connectivity index is 1.26. The number of nitrogens with zero attached hydrogens (tertiary/aromatic N) is 1. The summed E-state index contributed by atoms with van der Waals surface area (Å²) in [5.41, 5.74) is 4.36. The van der Waals surface area contributed by atoms with E-state index >= 15 is 0 Å². The first-order chi connectivity index (χ1) is 18.2. The number of carbonyl (C=O) groups excluding carboxylic acids is 1. The Hall–Kier alpha value is -4.01. The van der Waals surface area contributed by atoms with E-state index in [1.54, 1.807) is 12.1 Å². The first kappa shape index (κ1) is 25.6. The van der Waals surface area contributed by atoms with E-state index in [1.165, 1.54) is 18.2 Å². The highest BCUT2D eigenvalue weighted by Crippen LogP contribution is 2.31. The van der Waals surface area contributed by atoms with Crippen LogP contribution in [0.5, 0.6) is 5.75 Å². The van der Waals surface area contributed by atoms with Crippen LogP contribution in [0.4, 0.5) is 11.4 Å². The van der Waals surface area contributed by atoms with Crippen molar-refractivity contribution in [3.8, 4) is 5.75 Å². The molecule has 9 heteroatoms. The number of benzene rings is 4. The monoisotopic (exact) mass is 547 g/mol. The Labute approximate surface area is 226 Å². The molecule has 0 aliphatic carbocycles. The number of ether oxygens (including phenoxy) is 1. The van der Waals surface area contributed by atoms with E-state index in [-0.39, 0.29) is 28.2 Å². The van der Waals surface area contributed by atoms with Crippen LogP contribution >= 0.6 is 11.6 Å². The zero-order chi connectivity index (χ0) is 26.9. The lowest BCUT2D eigenvalue weighted by Crippen LogP contribution is -2.20. The summed E-state index contributed by atoms with van der Waals surface area (Å²) in [5, 5.41) is 5.12.